The van der Waals surface area contributed by atoms with E-state index in [0.29, 0.717) is 18.7 Å². The van der Waals surface area contributed by atoms with Crippen LogP contribution >= 0.6 is 0 Å². The number of carbonyl (C=O) groups is 2. The third kappa shape index (κ3) is 5.95. The Bertz CT molecular complexity index is 735. The quantitative estimate of drug-likeness (QED) is 0.784. The Hall–Kier alpha value is -2.62. The first-order chi connectivity index (χ1) is 13.2. The Morgan fingerprint density at radius 3 is 2.22 bits per heavy atom. The second kappa shape index (κ2) is 9.91. The largest absolute Gasteiger partial charge is 0.352 e. The smallest absolute Gasteiger partial charge is 0.251 e. The summed E-state index contributed by atoms with van der Waals surface area (Å²) in [5.41, 5.74) is 2.87. The molecule has 1 aliphatic rings. The molecule has 0 saturated heterocycles. The van der Waals surface area contributed by atoms with Gasteiger partial charge in [-0.15, -0.1) is 0 Å². The molecular weight excluding hydrogens is 336 g/mol. The van der Waals surface area contributed by atoms with Gasteiger partial charge >= 0.3 is 0 Å². The summed E-state index contributed by atoms with van der Waals surface area (Å²) in [5.74, 6) is 0.273. The van der Waals surface area contributed by atoms with Crippen molar-refractivity contribution >= 4 is 11.8 Å². The lowest BCUT2D eigenvalue weighted by Crippen LogP contribution is -2.31. The highest BCUT2D eigenvalue weighted by Crippen LogP contribution is 2.23. The summed E-state index contributed by atoms with van der Waals surface area (Å²) in [5, 5.41) is 5.98. The fourth-order valence-corrected chi connectivity index (χ4v) is 3.54. The number of nitrogens with one attached hydrogen (secondary N) is 2. The predicted octanol–water partition coefficient (Wildman–Crippen LogP) is 3.86. The average molecular weight is 364 g/mol. The van der Waals surface area contributed by atoms with Gasteiger partial charge in [-0.25, -0.2) is 0 Å². The van der Waals surface area contributed by atoms with Crippen LogP contribution in [0.3, 0.4) is 0 Å². The van der Waals surface area contributed by atoms with Crippen LogP contribution in [0.5, 0.6) is 0 Å². The highest BCUT2D eigenvalue weighted by atomic mass is 16.2. The van der Waals surface area contributed by atoms with Gasteiger partial charge in [0.2, 0.25) is 5.91 Å². The van der Waals surface area contributed by atoms with Crippen LogP contribution in [0, 0.1) is 5.92 Å². The van der Waals surface area contributed by atoms with Crippen LogP contribution in [0.2, 0.25) is 0 Å². The summed E-state index contributed by atoms with van der Waals surface area (Å²) in [6.07, 6.45) is 6.40. The van der Waals surface area contributed by atoms with Gasteiger partial charge in [-0.2, -0.15) is 0 Å². The number of hydrogen-bond acceptors (Lipinski definition) is 2. The lowest BCUT2D eigenvalue weighted by atomic mass is 9.88. The minimum absolute atomic E-state index is 0.0660. The van der Waals surface area contributed by atoms with Gasteiger partial charge in [-0.05, 0) is 42.5 Å². The highest BCUT2D eigenvalue weighted by molar-refractivity contribution is 5.94. The van der Waals surface area contributed by atoms with Gasteiger partial charge in [0.05, 0.1) is 0 Å². The first-order valence-corrected chi connectivity index (χ1v) is 9.91. The normalized spacial score (nSPS) is 14.5. The number of hydrogen-bond donors (Lipinski definition) is 2. The average Bonchev–Trinajstić information content (AvgIpc) is 2.73. The van der Waals surface area contributed by atoms with Crippen molar-refractivity contribution in [1.82, 2.24) is 10.6 Å². The van der Waals surface area contributed by atoms with Crippen molar-refractivity contribution in [1.29, 1.82) is 0 Å². The van der Waals surface area contributed by atoms with Crippen molar-refractivity contribution in [2.24, 2.45) is 5.92 Å². The molecule has 2 N–H and O–H groups in total. The van der Waals surface area contributed by atoms with Crippen LogP contribution in [0.1, 0.15) is 53.6 Å². The van der Waals surface area contributed by atoms with E-state index in [1.54, 1.807) is 0 Å². The lowest BCUT2D eigenvalue weighted by Gasteiger charge is -2.20. The topological polar surface area (TPSA) is 58.2 Å². The fraction of sp³-hybridized carbons (Fsp3) is 0.391. The SMILES string of the molecule is O=C(NCCc1ccccc1)c1ccc(CNC(=O)C2CCCCC2)cc1. The van der Waals surface area contributed by atoms with Crippen LogP contribution in [0.15, 0.2) is 54.6 Å². The van der Waals surface area contributed by atoms with Crippen molar-refractivity contribution in [3.05, 3.63) is 71.3 Å². The van der Waals surface area contributed by atoms with Crippen molar-refractivity contribution in [2.75, 3.05) is 6.54 Å². The molecule has 2 aromatic rings. The summed E-state index contributed by atoms with van der Waals surface area (Å²) in [7, 11) is 0. The van der Waals surface area contributed by atoms with E-state index in [9.17, 15) is 9.59 Å². The summed E-state index contributed by atoms with van der Waals surface area (Å²) >= 11 is 0. The minimum Gasteiger partial charge on any atom is -0.352 e. The molecule has 0 unspecified atom stereocenters. The summed E-state index contributed by atoms with van der Waals surface area (Å²) < 4.78 is 0. The molecule has 4 heteroatoms. The van der Waals surface area contributed by atoms with Gasteiger partial charge in [-0.1, -0.05) is 61.7 Å². The molecule has 27 heavy (non-hydrogen) atoms. The van der Waals surface area contributed by atoms with Crippen molar-refractivity contribution in [3.8, 4) is 0 Å². The first-order valence-electron chi connectivity index (χ1n) is 9.91. The minimum atomic E-state index is -0.0660. The summed E-state index contributed by atoms with van der Waals surface area (Å²) in [6, 6.07) is 17.6. The summed E-state index contributed by atoms with van der Waals surface area (Å²) in [6.45, 7) is 1.13. The Kier molecular flexibility index (Phi) is 7.03. The molecule has 1 saturated carbocycles. The zero-order valence-electron chi connectivity index (χ0n) is 15.7. The van der Waals surface area contributed by atoms with Crippen LogP contribution in [0.4, 0.5) is 0 Å². The molecule has 0 atom stereocenters. The monoisotopic (exact) mass is 364 g/mol. The van der Waals surface area contributed by atoms with E-state index in [0.717, 1.165) is 37.7 Å². The van der Waals surface area contributed by atoms with E-state index in [1.165, 1.54) is 12.0 Å². The Morgan fingerprint density at radius 2 is 1.52 bits per heavy atom. The molecule has 4 nitrogen and oxygen atoms in total. The number of amides is 2. The third-order valence-corrected chi connectivity index (χ3v) is 5.20. The van der Waals surface area contributed by atoms with Crippen LogP contribution < -0.4 is 10.6 Å². The van der Waals surface area contributed by atoms with Crippen LogP contribution in [0.25, 0.3) is 0 Å². The molecule has 0 aromatic heterocycles. The second-order valence-electron chi connectivity index (χ2n) is 7.24. The van der Waals surface area contributed by atoms with Gasteiger partial charge in [0.15, 0.2) is 0 Å². The molecule has 142 valence electrons. The molecule has 0 radical (unpaired) electrons. The summed E-state index contributed by atoms with van der Waals surface area (Å²) in [4.78, 5) is 24.4. The molecule has 0 spiro atoms. The van der Waals surface area contributed by atoms with Crippen molar-refractivity contribution in [2.45, 2.75) is 45.1 Å². The Labute approximate surface area is 161 Å². The van der Waals surface area contributed by atoms with Gasteiger partial charge in [0.1, 0.15) is 0 Å². The zero-order chi connectivity index (χ0) is 18.9. The van der Waals surface area contributed by atoms with Crippen molar-refractivity contribution in [3.63, 3.8) is 0 Å². The van der Waals surface area contributed by atoms with Crippen LogP contribution in [-0.4, -0.2) is 18.4 Å². The second-order valence-corrected chi connectivity index (χ2v) is 7.24. The highest BCUT2D eigenvalue weighted by Gasteiger charge is 2.20. The van der Waals surface area contributed by atoms with Crippen LogP contribution in [-0.2, 0) is 17.8 Å². The standard InChI is InChI=1S/C23H28N2O2/c26-22(24-16-15-18-7-3-1-4-8-18)21-13-11-19(12-14-21)17-25-23(27)20-9-5-2-6-10-20/h1,3-4,7-8,11-14,20H,2,5-6,9-10,15-17H2,(H,24,26)(H,25,27). The van der Waals surface area contributed by atoms with E-state index in [-0.39, 0.29) is 17.7 Å². The number of rotatable bonds is 7. The van der Waals surface area contributed by atoms with E-state index in [1.807, 2.05) is 42.5 Å². The van der Waals surface area contributed by atoms with Gasteiger partial charge in [0.25, 0.3) is 5.91 Å². The third-order valence-electron chi connectivity index (χ3n) is 5.20. The van der Waals surface area contributed by atoms with Gasteiger partial charge in [-0.3, -0.25) is 9.59 Å². The molecule has 2 amide bonds. The molecule has 2 aromatic carbocycles. The molecular formula is C23H28N2O2. The van der Waals surface area contributed by atoms with Gasteiger partial charge in [0, 0.05) is 24.6 Å². The maximum Gasteiger partial charge on any atom is 0.251 e. The van der Waals surface area contributed by atoms with Crippen molar-refractivity contribution < 1.29 is 9.59 Å². The van der Waals surface area contributed by atoms with Gasteiger partial charge < -0.3 is 10.6 Å². The molecule has 0 heterocycles. The van der Waals surface area contributed by atoms with E-state index < -0.39 is 0 Å². The predicted molar refractivity (Wildman–Crippen MR) is 107 cm³/mol. The molecule has 0 bridgehead atoms. The zero-order valence-corrected chi connectivity index (χ0v) is 15.7. The molecule has 3 rings (SSSR count). The number of carbonyl (C=O) groups excluding carboxylic acids is 2. The lowest BCUT2D eigenvalue weighted by molar-refractivity contribution is -0.126. The molecule has 1 aliphatic carbocycles. The fourth-order valence-electron chi connectivity index (χ4n) is 3.54. The molecule has 1 fully saturated rings. The van der Waals surface area contributed by atoms with E-state index in [2.05, 4.69) is 22.8 Å². The first kappa shape index (κ1) is 19.2. The number of benzene rings is 2. The Morgan fingerprint density at radius 1 is 0.815 bits per heavy atom. The maximum atomic E-state index is 12.2. The Balaban J connectivity index is 1.42. The van der Waals surface area contributed by atoms with E-state index in [4.69, 9.17) is 0 Å². The molecule has 0 aliphatic heterocycles. The van der Waals surface area contributed by atoms with E-state index >= 15 is 0 Å². The maximum absolute atomic E-state index is 12.2.